The van der Waals surface area contributed by atoms with Crippen LogP contribution in [0.2, 0.25) is 0 Å². The lowest BCUT2D eigenvalue weighted by molar-refractivity contribution is 0.689. The molecule has 0 saturated carbocycles. The summed E-state index contributed by atoms with van der Waals surface area (Å²) in [6, 6.07) is 10.2. The summed E-state index contributed by atoms with van der Waals surface area (Å²) in [6.07, 6.45) is 4.62. The van der Waals surface area contributed by atoms with Crippen LogP contribution in [-0.2, 0) is 0 Å². The van der Waals surface area contributed by atoms with E-state index in [-0.39, 0.29) is 0 Å². The maximum atomic E-state index is 4.65. The van der Waals surface area contributed by atoms with Gasteiger partial charge in [-0.2, -0.15) is 0 Å². The first kappa shape index (κ1) is 13.7. The van der Waals surface area contributed by atoms with Crippen molar-refractivity contribution in [2.75, 3.05) is 0 Å². The lowest BCUT2D eigenvalue weighted by atomic mass is 10.00. The van der Waals surface area contributed by atoms with Crippen molar-refractivity contribution in [1.29, 1.82) is 0 Å². The molecule has 1 atom stereocenters. The number of hydrogen-bond acceptors (Lipinski definition) is 1. The van der Waals surface area contributed by atoms with Crippen molar-refractivity contribution >= 4 is 11.4 Å². The van der Waals surface area contributed by atoms with Crippen molar-refractivity contribution in [1.82, 2.24) is 0 Å². The third kappa shape index (κ3) is 5.48. The van der Waals surface area contributed by atoms with Crippen LogP contribution in [0.1, 0.15) is 40.5 Å². The van der Waals surface area contributed by atoms with Gasteiger partial charge in [-0.3, -0.25) is 4.99 Å². The minimum atomic E-state index is 0.547. The van der Waals surface area contributed by atoms with Gasteiger partial charge in [0, 0.05) is 5.71 Å². The Balaban J connectivity index is 2.54. The molecule has 0 N–H and O–H groups in total. The standard InChI is InChI=1S/C16H23N/c1-13(2)9-8-10-14(3)15(4)17-16-11-6-5-7-12-16/h5-7,9,11-12,14H,8,10H2,1-4H3. The van der Waals surface area contributed by atoms with Crippen molar-refractivity contribution in [3.63, 3.8) is 0 Å². The summed E-state index contributed by atoms with van der Waals surface area (Å²) < 4.78 is 0. The Labute approximate surface area is 105 Å². The fourth-order valence-electron chi connectivity index (χ4n) is 1.65. The fraction of sp³-hybridized carbons (Fsp3) is 0.438. The minimum absolute atomic E-state index is 0.547. The molecule has 17 heavy (non-hydrogen) atoms. The molecule has 0 bridgehead atoms. The second-order valence-electron chi connectivity index (χ2n) is 4.85. The quantitative estimate of drug-likeness (QED) is 0.488. The Bertz CT molecular complexity index is 383. The van der Waals surface area contributed by atoms with Crippen LogP contribution in [0.15, 0.2) is 47.0 Å². The van der Waals surface area contributed by atoms with E-state index in [9.17, 15) is 0 Å². The molecule has 0 amide bonds. The van der Waals surface area contributed by atoms with Crippen LogP contribution in [0.5, 0.6) is 0 Å². The molecule has 1 rings (SSSR count). The predicted molar refractivity (Wildman–Crippen MR) is 77.0 cm³/mol. The van der Waals surface area contributed by atoms with Crippen molar-refractivity contribution in [3.05, 3.63) is 42.0 Å². The zero-order chi connectivity index (χ0) is 12.7. The van der Waals surface area contributed by atoms with Crippen molar-refractivity contribution in [3.8, 4) is 0 Å². The largest absolute Gasteiger partial charge is 0.258 e. The van der Waals surface area contributed by atoms with Crippen LogP contribution in [0.4, 0.5) is 5.69 Å². The minimum Gasteiger partial charge on any atom is -0.258 e. The predicted octanol–water partition coefficient (Wildman–Crippen LogP) is 5.16. The van der Waals surface area contributed by atoms with Gasteiger partial charge in [0.05, 0.1) is 5.69 Å². The third-order valence-corrected chi connectivity index (χ3v) is 2.93. The Morgan fingerprint density at radius 2 is 1.82 bits per heavy atom. The van der Waals surface area contributed by atoms with Gasteiger partial charge < -0.3 is 0 Å². The highest BCUT2D eigenvalue weighted by atomic mass is 14.7. The van der Waals surface area contributed by atoms with E-state index >= 15 is 0 Å². The third-order valence-electron chi connectivity index (χ3n) is 2.93. The highest BCUT2D eigenvalue weighted by Gasteiger charge is 2.04. The van der Waals surface area contributed by atoms with E-state index < -0.39 is 0 Å². The number of rotatable bonds is 5. The number of benzene rings is 1. The molecule has 0 saturated heterocycles. The van der Waals surface area contributed by atoms with Crippen LogP contribution < -0.4 is 0 Å². The molecule has 0 aromatic heterocycles. The first-order valence-corrected chi connectivity index (χ1v) is 6.33. The van der Waals surface area contributed by atoms with E-state index in [0.717, 1.165) is 12.1 Å². The summed E-state index contributed by atoms with van der Waals surface area (Å²) in [5.41, 5.74) is 3.67. The van der Waals surface area contributed by atoms with Gasteiger partial charge in [-0.1, -0.05) is 36.8 Å². The fourth-order valence-corrected chi connectivity index (χ4v) is 1.65. The summed E-state index contributed by atoms with van der Waals surface area (Å²) in [5.74, 6) is 0.547. The highest BCUT2D eigenvalue weighted by Crippen LogP contribution is 2.15. The van der Waals surface area contributed by atoms with Crippen LogP contribution in [-0.4, -0.2) is 5.71 Å². The van der Waals surface area contributed by atoms with E-state index in [1.165, 1.54) is 17.7 Å². The maximum absolute atomic E-state index is 4.65. The molecular weight excluding hydrogens is 206 g/mol. The first-order valence-electron chi connectivity index (χ1n) is 6.33. The lowest BCUT2D eigenvalue weighted by Gasteiger charge is -2.10. The van der Waals surface area contributed by atoms with Gasteiger partial charge in [0.15, 0.2) is 0 Å². The molecule has 0 heterocycles. The SMILES string of the molecule is CC(C)=CCCC(C)C(C)=Nc1ccccc1. The van der Waals surface area contributed by atoms with Crippen molar-refractivity contribution in [2.45, 2.75) is 40.5 Å². The molecule has 1 aromatic carbocycles. The maximum Gasteiger partial charge on any atom is 0.0629 e. The van der Waals surface area contributed by atoms with E-state index in [1.807, 2.05) is 30.3 Å². The van der Waals surface area contributed by atoms with Gasteiger partial charge in [-0.25, -0.2) is 0 Å². The van der Waals surface area contributed by atoms with Crippen LogP contribution in [0, 0.1) is 5.92 Å². The molecule has 92 valence electrons. The summed E-state index contributed by atoms with van der Waals surface area (Å²) in [5, 5.41) is 0. The van der Waals surface area contributed by atoms with E-state index in [1.54, 1.807) is 0 Å². The van der Waals surface area contributed by atoms with E-state index in [2.05, 4.69) is 38.8 Å². The molecule has 0 radical (unpaired) electrons. The monoisotopic (exact) mass is 229 g/mol. The van der Waals surface area contributed by atoms with Gasteiger partial charge in [0.2, 0.25) is 0 Å². The second-order valence-corrected chi connectivity index (χ2v) is 4.85. The van der Waals surface area contributed by atoms with Gasteiger partial charge >= 0.3 is 0 Å². The average molecular weight is 229 g/mol. The molecular formula is C16H23N. The second kappa shape index (κ2) is 7.05. The number of nitrogens with zero attached hydrogens (tertiary/aromatic N) is 1. The van der Waals surface area contributed by atoms with Crippen LogP contribution >= 0.6 is 0 Å². The smallest absolute Gasteiger partial charge is 0.0629 e. The van der Waals surface area contributed by atoms with Crippen LogP contribution in [0.25, 0.3) is 0 Å². The molecule has 0 spiro atoms. The van der Waals surface area contributed by atoms with Crippen molar-refractivity contribution in [2.24, 2.45) is 10.9 Å². The highest BCUT2D eigenvalue weighted by molar-refractivity contribution is 5.86. The van der Waals surface area contributed by atoms with Gasteiger partial charge in [0.25, 0.3) is 0 Å². The first-order chi connectivity index (χ1) is 8.09. The summed E-state index contributed by atoms with van der Waals surface area (Å²) in [7, 11) is 0. The Hall–Kier alpha value is -1.37. The number of hydrogen-bond donors (Lipinski definition) is 0. The van der Waals surface area contributed by atoms with E-state index in [4.69, 9.17) is 0 Å². The van der Waals surface area contributed by atoms with Crippen molar-refractivity contribution < 1.29 is 0 Å². The lowest BCUT2D eigenvalue weighted by Crippen LogP contribution is -2.06. The van der Waals surface area contributed by atoms with Gasteiger partial charge in [-0.15, -0.1) is 0 Å². The zero-order valence-corrected chi connectivity index (χ0v) is 11.4. The molecule has 1 aromatic rings. The topological polar surface area (TPSA) is 12.4 Å². The molecule has 0 aliphatic heterocycles. The van der Waals surface area contributed by atoms with Gasteiger partial charge in [-0.05, 0) is 51.7 Å². The molecule has 1 unspecified atom stereocenters. The normalized spacial score (nSPS) is 13.3. The summed E-state index contributed by atoms with van der Waals surface area (Å²) in [6.45, 7) is 8.67. The number of para-hydroxylation sites is 1. The van der Waals surface area contributed by atoms with E-state index in [0.29, 0.717) is 5.92 Å². The van der Waals surface area contributed by atoms with Crippen LogP contribution in [0.3, 0.4) is 0 Å². The summed E-state index contributed by atoms with van der Waals surface area (Å²) in [4.78, 5) is 4.65. The molecule has 0 aliphatic carbocycles. The zero-order valence-electron chi connectivity index (χ0n) is 11.4. The Morgan fingerprint density at radius 3 is 2.41 bits per heavy atom. The molecule has 1 nitrogen and oxygen atoms in total. The number of allylic oxidation sites excluding steroid dienone is 2. The average Bonchev–Trinajstić information content (AvgIpc) is 2.29. The van der Waals surface area contributed by atoms with Gasteiger partial charge in [0.1, 0.15) is 0 Å². The molecule has 0 fully saturated rings. The Morgan fingerprint density at radius 1 is 1.18 bits per heavy atom. The molecule has 1 heteroatoms. The number of aliphatic imine (C=N–C) groups is 1. The summed E-state index contributed by atoms with van der Waals surface area (Å²) >= 11 is 0. The molecule has 0 aliphatic rings. The Kier molecular flexibility index (Phi) is 5.68.